The van der Waals surface area contributed by atoms with Crippen molar-refractivity contribution in [2.24, 2.45) is 5.73 Å². The highest BCUT2D eigenvalue weighted by molar-refractivity contribution is 8.00. The second-order valence-electron chi connectivity index (χ2n) is 3.00. The van der Waals surface area contributed by atoms with Crippen molar-refractivity contribution in [1.29, 1.82) is 0 Å². The monoisotopic (exact) mass is 221 g/mol. The van der Waals surface area contributed by atoms with Crippen molar-refractivity contribution in [3.8, 4) is 0 Å². The van der Waals surface area contributed by atoms with Gasteiger partial charge in [-0.2, -0.15) is 4.98 Å². The zero-order chi connectivity index (χ0) is 10.8. The molecule has 5 heteroatoms. The Labute approximate surface area is 91.3 Å². The maximum absolute atomic E-state index is 5.73. The van der Waals surface area contributed by atoms with Gasteiger partial charge in [-0.05, 0) is 18.2 Å². The van der Waals surface area contributed by atoms with Gasteiger partial charge in [0.15, 0.2) is 5.58 Å². The number of hydrogen-bond donors (Lipinski definition) is 2. The molecule has 0 amide bonds. The Morgan fingerprint density at radius 1 is 1.53 bits per heavy atom. The van der Waals surface area contributed by atoms with Gasteiger partial charge in [-0.3, -0.25) is 0 Å². The Hall–Kier alpha value is -1.46. The first-order chi connectivity index (χ1) is 7.19. The molecule has 2 rings (SSSR count). The number of oxazole rings is 1. The minimum Gasteiger partial charge on any atom is -0.424 e. The van der Waals surface area contributed by atoms with Crippen LogP contribution in [0.15, 0.2) is 40.2 Å². The third-order valence-corrected chi connectivity index (χ3v) is 2.87. The topological polar surface area (TPSA) is 78.1 Å². The number of thioether (sulfide) groups is 1. The van der Waals surface area contributed by atoms with Crippen LogP contribution in [0.1, 0.15) is 0 Å². The summed E-state index contributed by atoms with van der Waals surface area (Å²) in [5, 5.41) is -0.119. The van der Waals surface area contributed by atoms with Gasteiger partial charge in [0.05, 0.1) is 5.37 Å². The number of nitrogens with zero attached hydrogens (tertiary/aromatic N) is 1. The summed E-state index contributed by atoms with van der Waals surface area (Å²) in [5.41, 5.74) is 12.6. The summed E-state index contributed by atoms with van der Waals surface area (Å²) < 4.78 is 5.16. The van der Waals surface area contributed by atoms with Crippen LogP contribution in [0, 0.1) is 0 Å². The average Bonchev–Trinajstić information content (AvgIpc) is 2.57. The molecule has 1 heterocycles. The Kier molecular flexibility index (Phi) is 2.66. The number of rotatable bonds is 3. The van der Waals surface area contributed by atoms with E-state index in [1.807, 2.05) is 18.2 Å². The molecule has 1 aromatic heterocycles. The summed E-state index contributed by atoms with van der Waals surface area (Å²) in [4.78, 5) is 5.05. The predicted molar refractivity (Wildman–Crippen MR) is 62.5 cm³/mol. The number of hydrogen-bond acceptors (Lipinski definition) is 5. The molecule has 0 radical (unpaired) electrons. The summed E-state index contributed by atoms with van der Waals surface area (Å²) in [6.45, 7) is 3.62. The predicted octanol–water partition coefficient (Wildman–Crippen LogP) is 1.97. The largest absolute Gasteiger partial charge is 0.424 e. The standard InChI is InChI=1S/C10H11N3OS/c1-2-9(11)15-6-3-4-8-7(5-6)13-10(12)14-8/h2-5,9H,1,11H2,(H2,12,13). The van der Waals surface area contributed by atoms with Crippen molar-refractivity contribution in [2.75, 3.05) is 5.73 Å². The zero-order valence-corrected chi connectivity index (χ0v) is 8.83. The van der Waals surface area contributed by atoms with Crippen molar-refractivity contribution in [1.82, 2.24) is 4.98 Å². The molecule has 1 unspecified atom stereocenters. The lowest BCUT2D eigenvalue weighted by Gasteiger charge is -2.04. The van der Waals surface area contributed by atoms with Crippen LogP contribution in [0.4, 0.5) is 6.01 Å². The molecule has 0 fully saturated rings. The van der Waals surface area contributed by atoms with Crippen LogP contribution in [0.25, 0.3) is 11.1 Å². The number of nitrogen functional groups attached to an aromatic ring is 1. The summed E-state index contributed by atoms with van der Waals surface area (Å²) in [6, 6.07) is 5.82. The van der Waals surface area contributed by atoms with Crippen molar-refractivity contribution < 1.29 is 4.42 Å². The van der Waals surface area contributed by atoms with Crippen LogP contribution < -0.4 is 11.5 Å². The number of fused-ring (bicyclic) bond motifs is 1. The lowest BCUT2D eigenvalue weighted by atomic mass is 10.3. The van der Waals surface area contributed by atoms with Crippen LogP contribution >= 0.6 is 11.8 Å². The van der Waals surface area contributed by atoms with E-state index in [9.17, 15) is 0 Å². The van der Waals surface area contributed by atoms with E-state index in [0.717, 1.165) is 10.4 Å². The molecule has 0 spiro atoms. The minimum absolute atomic E-state index is 0.119. The first kappa shape index (κ1) is 10.1. The smallest absolute Gasteiger partial charge is 0.292 e. The van der Waals surface area contributed by atoms with E-state index >= 15 is 0 Å². The average molecular weight is 221 g/mol. The minimum atomic E-state index is -0.119. The number of benzene rings is 1. The summed E-state index contributed by atoms with van der Waals surface area (Å²) in [7, 11) is 0. The highest BCUT2D eigenvalue weighted by Gasteiger charge is 2.05. The van der Waals surface area contributed by atoms with E-state index < -0.39 is 0 Å². The van der Waals surface area contributed by atoms with Crippen molar-refractivity contribution >= 4 is 28.9 Å². The molecule has 0 saturated carbocycles. The molecule has 0 aliphatic carbocycles. The molecule has 0 bridgehead atoms. The van der Waals surface area contributed by atoms with Gasteiger partial charge in [0.25, 0.3) is 6.01 Å². The second kappa shape index (κ2) is 3.96. The first-order valence-electron chi connectivity index (χ1n) is 4.40. The third kappa shape index (κ3) is 2.14. The molecule has 78 valence electrons. The van der Waals surface area contributed by atoms with Gasteiger partial charge in [0, 0.05) is 4.90 Å². The fourth-order valence-corrected chi connectivity index (χ4v) is 1.94. The van der Waals surface area contributed by atoms with Crippen molar-refractivity contribution in [3.63, 3.8) is 0 Å². The molecular formula is C10H11N3OS. The molecule has 15 heavy (non-hydrogen) atoms. The van der Waals surface area contributed by atoms with E-state index in [0.29, 0.717) is 5.58 Å². The van der Waals surface area contributed by atoms with Crippen LogP contribution in [0.2, 0.25) is 0 Å². The van der Waals surface area contributed by atoms with Gasteiger partial charge in [-0.25, -0.2) is 0 Å². The lowest BCUT2D eigenvalue weighted by molar-refractivity contribution is 0.626. The quantitative estimate of drug-likeness (QED) is 0.470. The number of nitrogens with two attached hydrogens (primary N) is 2. The van der Waals surface area contributed by atoms with E-state index in [-0.39, 0.29) is 11.4 Å². The van der Waals surface area contributed by atoms with Crippen LogP contribution in [-0.4, -0.2) is 10.4 Å². The van der Waals surface area contributed by atoms with Crippen molar-refractivity contribution in [3.05, 3.63) is 30.9 Å². The fraction of sp³-hybridized carbons (Fsp3) is 0.100. The SMILES string of the molecule is C=CC(N)Sc1ccc2oc(N)nc2c1. The molecule has 1 aromatic carbocycles. The van der Waals surface area contributed by atoms with Gasteiger partial charge < -0.3 is 15.9 Å². The van der Waals surface area contributed by atoms with Crippen LogP contribution in [0.5, 0.6) is 0 Å². The highest BCUT2D eigenvalue weighted by Crippen LogP contribution is 2.26. The van der Waals surface area contributed by atoms with Crippen LogP contribution in [-0.2, 0) is 0 Å². The third-order valence-electron chi connectivity index (χ3n) is 1.88. The molecule has 4 N–H and O–H groups in total. The first-order valence-corrected chi connectivity index (χ1v) is 5.28. The molecule has 1 atom stereocenters. The lowest BCUT2D eigenvalue weighted by Crippen LogP contribution is -2.10. The van der Waals surface area contributed by atoms with Gasteiger partial charge in [-0.1, -0.05) is 6.08 Å². The maximum Gasteiger partial charge on any atom is 0.292 e. The summed E-state index contributed by atoms with van der Waals surface area (Å²) >= 11 is 1.50. The molecule has 0 aliphatic rings. The maximum atomic E-state index is 5.73. The van der Waals surface area contributed by atoms with Gasteiger partial charge in [-0.15, -0.1) is 18.3 Å². The van der Waals surface area contributed by atoms with Gasteiger partial charge >= 0.3 is 0 Å². The van der Waals surface area contributed by atoms with Gasteiger partial charge in [0.2, 0.25) is 0 Å². The van der Waals surface area contributed by atoms with E-state index in [1.54, 1.807) is 6.08 Å². The summed E-state index contributed by atoms with van der Waals surface area (Å²) in [5.74, 6) is 0. The zero-order valence-electron chi connectivity index (χ0n) is 8.01. The van der Waals surface area contributed by atoms with Gasteiger partial charge in [0.1, 0.15) is 5.52 Å². The summed E-state index contributed by atoms with van der Waals surface area (Å²) in [6.07, 6.45) is 1.69. The number of anilines is 1. The highest BCUT2D eigenvalue weighted by atomic mass is 32.2. The van der Waals surface area contributed by atoms with Crippen LogP contribution in [0.3, 0.4) is 0 Å². The molecule has 0 saturated heterocycles. The Morgan fingerprint density at radius 3 is 3.07 bits per heavy atom. The van der Waals surface area contributed by atoms with Crippen molar-refractivity contribution in [2.45, 2.75) is 10.3 Å². The molecule has 2 aromatic rings. The Bertz CT molecular complexity index is 494. The second-order valence-corrected chi connectivity index (χ2v) is 4.25. The Balaban J connectivity index is 2.33. The molecule has 0 aliphatic heterocycles. The molecular weight excluding hydrogens is 210 g/mol. The molecule has 4 nitrogen and oxygen atoms in total. The normalized spacial score (nSPS) is 12.9. The fourth-order valence-electron chi connectivity index (χ4n) is 1.20. The van der Waals surface area contributed by atoms with E-state index in [1.165, 1.54) is 11.8 Å². The number of aromatic nitrogens is 1. The Morgan fingerprint density at radius 2 is 2.33 bits per heavy atom. The van der Waals surface area contributed by atoms with E-state index in [4.69, 9.17) is 15.9 Å². The van der Waals surface area contributed by atoms with E-state index in [2.05, 4.69) is 11.6 Å².